The first-order valence-corrected chi connectivity index (χ1v) is 7.14. The van der Waals surface area contributed by atoms with Gasteiger partial charge in [0.25, 0.3) is 5.69 Å². The molecule has 0 radical (unpaired) electrons. The van der Waals surface area contributed by atoms with E-state index in [1.807, 2.05) is 13.0 Å². The van der Waals surface area contributed by atoms with E-state index in [0.717, 1.165) is 24.2 Å². The molecule has 0 fully saturated rings. The molecule has 0 atom stereocenters. The van der Waals surface area contributed by atoms with E-state index < -0.39 is 4.92 Å². The molecule has 0 amide bonds. The van der Waals surface area contributed by atoms with Crippen molar-refractivity contribution in [1.82, 2.24) is 9.55 Å². The number of para-hydroxylation sites is 1. The Hall–Kier alpha value is -2.37. The van der Waals surface area contributed by atoms with Crippen molar-refractivity contribution in [3.63, 3.8) is 0 Å². The third-order valence-electron chi connectivity index (χ3n) is 4.12. The molecule has 3 rings (SSSR count). The van der Waals surface area contributed by atoms with E-state index in [2.05, 4.69) is 9.55 Å². The highest BCUT2D eigenvalue weighted by molar-refractivity contribution is 5.63. The summed E-state index contributed by atoms with van der Waals surface area (Å²) in [7, 11) is 0. The first-order valence-electron chi connectivity index (χ1n) is 7.14. The van der Waals surface area contributed by atoms with Crippen molar-refractivity contribution < 1.29 is 4.92 Å². The molecule has 1 aromatic carbocycles. The molecule has 0 spiro atoms. The van der Waals surface area contributed by atoms with Gasteiger partial charge in [-0.1, -0.05) is 12.1 Å². The Morgan fingerprint density at radius 1 is 1.38 bits per heavy atom. The molecule has 1 aromatic heterocycles. The third-order valence-corrected chi connectivity index (χ3v) is 4.12. The highest BCUT2D eigenvalue weighted by Crippen LogP contribution is 2.28. The van der Waals surface area contributed by atoms with Crippen LogP contribution in [0, 0.1) is 17.0 Å². The van der Waals surface area contributed by atoms with Crippen LogP contribution in [0.25, 0.3) is 0 Å². The minimum absolute atomic E-state index is 0.0286. The Morgan fingerprint density at radius 3 is 2.90 bits per heavy atom. The fourth-order valence-corrected chi connectivity index (χ4v) is 3.01. The van der Waals surface area contributed by atoms with Gasteiger partial charge in [0, 0.05) is 17.3 Å². The summed E-state index contributed by atoms with van der Waals surface area (Å²) in [4.78, 5) is 15.2. The van der Waals surface area contributed by atoms with Gasteiger partial charge in [0.05, 0.1) is 17.2 Å². The molecule has 1 aliphatic rings. The maximum atomic E-state index is 11.0. The number of nitro benzene ring substituents is 1. The molecule has 6 heteroatoms. The number of nitrogen functional groups attached to an aromatic ring is 1. The van der Waals surface area contributed by atoms with Gasteiger partial charge in [0.2, 0.25) is 0 Å². The number of aryl methyl sites for hydroxylation is 2. The van der Waals surface area contributed by atoms with E-state index in [4.69, 9.17) is 5.73 Å². The second kappa shape index (κ2) is 5.20. The zero-order valence-corrected chi connectivity index (χ0v) is 12.0. The Bertz CT molecular complexity index is 706. The number of hydrogen-bond acceptors (Lipinski definition) is 4. The average molecular weight is 286 g/mol. The van der Waals surface area contributed by atoms with Crippen LogP contribution in [0.15, 0.2) is 18.2 Å². The Labute approximate surface area is 122 Å². The molecule has 0 saturated heterocycles. The summed E-state index contributed by atoms with van der Waals surface area (Å²) in [6.07, 6.45) is 4.39. The van der Waals surface area contributed by atoms with Crippen molar-refractivity contribution in [2.24, 2.45) is 0 Å². The topological polar surface area (TPSA) is 87.0 Å². The van der Waals surface area contributed by atoms with Crippen LogP contribution in [0.2, 0.25) is 0 Å². The highest BCUT2D eigenvalue weighted by Gasteiger charge is 2.20. The Kier molecular flexibility index (Phi) is 3.37. The van der Waals surface area contributed by atoms with Gasteiger partial charge in [-0.15, -0.1) is 0 Å². The van der Waals surface area contributed by atoms with Crippen LogP contribution in [-0.4, -0.2) is 14.5 Å². The van der Waals surface area contributed by atoms with Crippen molar-refractivity contribution in [2.45, 2.75) is 39.2 Å². The number of hydrogen-bond donors (Lipinski definition) is 1. The Balaban J connectivity index is 2.00. The van der Waals surface area contributed by atoms with E-state index in [0.29, 0.717) is 6.54 Å². The lowest BCUT2D eigenvalue weighted by Gasteiger charge is -2.15. The molecule has 1 heterocycles. The van der Waals surface area contributed by atoms with Gasteiger partial charge >= 0.3 is 0 Å². The third kappa shape index (κ3) is 2.37. The number of nitrogens with two attached hydrogens (primary N) is 1. The zero-order valence-electron chi connectivity index (χ0n) is 12.0. The minimum Gasteiger partial charge on any atom is -0.393 e. The van der Waals surface area contributed by atoms with E-state index in [9.17, 15) is 10.1 Å². The number of fused-ring (bicyclic) bond motifs is 1. The lowest BCUT2D eigenvalue weighted by molar-refractivity contribution is -0.383. The number of aromatic nitrogens is 2. The first kappa shape index (κ1) is 13.6. The number of rotatable bonds is 3. The molecule has 1 aliphatic carbocycles. The lowest BCUT2D eigenvalue weighted by atomic mass is 10.0. The molecule has 2 aromatic rings. The molecule has 6 nitrogen and oxygen atoms in total. The van der Waals surface area contributed by atoms with E-state index in [1.54, 1.807) is 6.07 Å². The lowest BCUT2D eigenvalue weighted by Crippen LogP contribution is -2.12. The van der Waals surface area contributed by atoms with Crippen molar-refractivity contribution >= 4 is 11.4 Å². The predicted octanol–water partition coefficient (Wildman–Crippen LogP) is 2.61. The fraction of sp³-hybridized carbons (Fsp3) is 0.400. The van der Waals surface area contributed by atoms with Crippen LogP contribution in [0.5, 0.6) is 0 Å². The number of imidazole rings is 1. The van der Waals surface area contributed by atoms with Gasteiger partial charge in [-0.3, -0.25) is 10.1 Å². The van der Waals surface area contributed by atoms with Gasteiger partial charge in [-0.2, -0.15) is 0 Å². The van der Waals surface area contributed by atoms with Gasteiger partial charge in [-0.05, 0) is 32.6 Å². The highest BCUT2D eigenvalue weighted by atomic mass is 16.6. The van der Waals surface area contributed by atoms with Crippen molar-refractivity contribution in [1.29, 1.82) is 0 Å². The van der Waals surface area contributed by atoms with Crippen molar-refractivity contribution in [2.75, 3.05) is 5.73 Å². The molecule has 0 aliphatic heterocycles. The maximum absolute atomic E-state index is 11.0. The summed E-state index contributed by atoms with van der Waals surface area (Å²) >= 11 is 0. The summed E-state index contributed by atoms with van der Waals surface area (Å²) in [5.74, 6) is 0.952. The van der Waals surface area contributed by atoms with E-state index in [1.165, 1.54) is 30.3 Å². The smallest absolute Gasteiger partial charge is 0.292 e. The summed E-state index contributed by atoms with van der Waals surface area (Å²) in [5, 5.41) is 11.0. The fourth-order valence-electron chi connectivity index (χ4n) is 3.01. The van der Waals surface area contributed by atoms with Crippen LogP contribution < -0.4 is 5.73 Å². The molecular formula is C15H18N4O2. The van der Waals surface area contributed by atoms with Crippen LogP contribution >= 0.6 is 0 Å². The molecule has 0 saturated carbocycles. The van der Waals surface area contributed by atoms with E-state index >= 15 is 0 Å². The van der Waals surface area contributed by atoms with Crippen LogP contribution in [0.3, 0.4) is 0 Å². The number of nitrogens with zero attached hydrogens (tertiary/aromatic N) is 3. The van der Waals surface area contributed by atoms with Crippen LogP contribution in [0.1, 0.15) is 35.6 Å². The molecule has 21 heavy (non-hydrogen) atoms. The number of anilines is 1. The van der Waals surface area contributed by atoms with Crippen molar-refractivity contribution in [3.8, 4) is 0 Å². The second-order valence-electron chi connectivity index (χ2n) is 5.45. The van der Waals surface area contributed by atoms with Gasteiger partial charge < -0.3 is 10.3 Å². The predicted molar refractivity (Wildman–Crippen MR) is 80.2 cm³/mol. The summed E-state index contributed by atoms with van der Waals surface area (Å²) in [6, 6.07) is 4.97. The standard InChI is InChI=1S/C15H18N4O2/c1-10-17-12-6-2-3-7-13(12)18(10)9-11-5-4-8-14(15(11)16)19(20)21/h4-5,8H,2-3,6-7,9,16H2,1H3. The summed E-state index contributed by atoms with van der Waals surface area (Å²) < 4.78 is 2.14. The van der Waals surface area contributed by atoms with Crippen molar-refractivity contribution in [3.05, 3.63) is 51.1 Å². The molecule has 0 unspecified atom stereocenters. The SMILES string of the molecule is Cc1nc2c(n1Cc1cccc([N+](=O)[O-])c1N)CCCC2. The summed E-state index contributed by atoms with van der Waals surface area (Å²) in [5.41, 5.74) is 9.37. The largest absolute Gasteiger partial charge is 0.393 e. The number of benzene rings is 1. The van der Waals surface area contributed by atoms with Crippen LogP contribution in [0.4, 0.5) is 11.4 Å². The normalized spacial score (nSPS) is 14.0. The first-order chi connectivity index (χ1) is 10.1. The maximum Gasteiger partial charge on any atom is 0.292 e. The quantitative estimate of drug-likeness (QED) is 0.533. The number of nitro groups is 1. The monoisotopic (exact) mass is 286 g/mol. The average Bonchev–Trinajstić information content (AvgIpc) is 2.77. The van der Waals surface area contributed by atoms with Gasteiger partial charge in [0.15, 0.2) is 0 Å². The van der Waals surface area contributed by atoms with Gasteiger partial charge in [0.1, 0.15) is 11.5 Å². The summed E-state index contributed by atoms with van der Waals surface area (Å²) in [6.45, 7) is 2.52. The minimum atomic E-state index is -0.435. The molecule has 2 N–H and O–H groups in total. The Morgan fingerprint density at radius 2 is 2.14 bits per heavy atom. The molecule has 110 valence electrons. The molecular weight excluding hydrogens is 268 g/mol. The second-order valence-corrected chi connectivity index (χ2v) is 5.45. The van der Waals surface area contributed by atoms with E-state index in [-0.39, 0.29) is 11.4 Å². The molecule has 0 bridgehead atoms. The van der Waals surface area contributed by atoms with Crippen LogP contribution in [-0.2, 0) is 19.4 Å². The van der Waals surface area contributed by atoms with Gasteiger partial charge in [-0.25, -0.2) is 4.98 Å². The zero-order chi connectivity index (χ0) is 15.0.